The molecule has 208 valence electrons. The average molecular weight is 565 g/mol. The van der Waals surface area contributed by atoms with Crippen LogP contribution in [0, 0.1) is 13.8 Å². The topological polar surface area (TPSA) is 124 Å². The van der Waals surface area contributed by atoms with Crippen LogP contribution in [0.4, 0.5) is 5.13 Å². The Hall–Kier alpha value is -4.64. The van der Waals surface area contributed by atoms with Crippen LogP contribution in [-0.4, -0.2) is 55.7 Å². The molecule has 1 aromatic heterocycles. The van der Waals surface area contributed by atoms with Crippen LogP contribution in [0.1, 0.15) is 38.1 Å². The predicted octanol–water partition coefficient (Wildman–Crippen LogP) is 4.75. The van der Waals surface area contributed by atoms with E-state index in [1.165, 1.54) is 26.2 Å². The molecular weight excluding hydrogens is 536 g/mol. The largest absolute Gasteiger partial charge is 0.507 e. The van der Waals surface area contributed by atoms with Gasteiger partial charge in [-0.05, 0) is 55.3 Å². The Labute approximate surface area is 235 Å². The molecule has 0 radical (unpaired) electrons. The summed E-state index contributed by atoms with van der Waals surface area (Å²) in [5.41, 5.74) is 1.61. The third-order valence-corrected chi connectivity index (χ3v) is 7.49. The summed E-state index contributed by atoms with van der Waals surface area (Å²) >= 11 is 0.916. The number of carbonyl (C=O) groups excluding carboxylic acids is 3. The summed E-state index contributed by atoms with van der Waals surface area (Å²) in [6, 6.07) is 8.82. The van der Waals surface area contributed by atoms with Crippen molar-refractivity contribution >= 4 is 39.9 Å². The average Bonchev–Trinajstić information content (AvgIpc) is 3.46. The molecule has 1 saturated heterocycles. The fourth-order valence-electron chi connectivity index (χ4n) is 4.43. The summed E-state index contributed by atoms with van der Waals surface area (Å²) in [5.74, 6) is -1.45. The number of ether oxygens (including phenoxy) is 4. The van der Waals surface area contributed by atoms with E-state index in [1.807, 2.05) is 0 Å². The van der Waals surface area contributed by atoms with Crippen molar-refractivity contribution in [2.45, 2.75) is 19.9 Å². The molecule has 0 spiro atoms. The Morgan fingerprint density at radius 1 is 1.10 bits per heavy atom. The van der Waals surface area contributed by atoms with Crippen LogP contribution in [0.15, 0.2) is 54.6 Å². The molecule has 1 atom stereocenters. The maximum Gasteiger partial charge on any atom is 0.350 e. The van der Waals surface area contributed by atoms with E-state index in [9.17, 15) is 19.5 Å². The van der Waals surface area contributed by atoms with Crippen molar-refractivity contribution < 1.29 is 38.4 Å². The third-order valence-electron chi connectivity index (χ3n) is 6.35. The number of anilines is 1. The number of hydrogen-bond donors (Lipinski definition) is 1. The van der Waals surface area contributed by atoms with E-state index in [1.54, 1.807) is 56.3 Å². The highest BCUT2D eigenvalue weighted by atomic mass is 32.1. The third kappa shape index (κ3) is 5.03. The number of amides is 1. The number of thiazole rings is 1. The maximum atomic E-state index is 13.6. The molecule has 11 heteroatoms. The molecule has 3 aromatic rings. The Morgan fingerprint density at radius 3 is 2.45 bits per heavy atom. The molecule has 0 unspecified atom stereocenters. The summed E-state index contributed by atoms with van der Waals surface area (Å²) in [6.07, 6.45) is 1.61. The molecule has 1 aliphatic heterocycles. The zero-order chi connectivity index (χ0) is 29.1. The molecule has 10 nitrogen and oxygen atoms in total. The van der Waals surface area contributed by atoms with Gasteiger partial charge in [-0.15, -0.1) is 0 Å². The molecule has 1 N–H and O–H groups in total. The Balaban J connectivity index is 1.94. The van der Waals surface area contributed by atoms with Crippen molar-refractivity contribution in [2.75, 3.05) is 32.8 Å². The van der Waals surface area contributed by atoms with E-state index in [0.717, 1.165) is 11.3 Å². The number of hydrogen-bond acceptors (Lipinski definition) is 10. The molecule has 0 aliphatic carbocycles. The van der Waals surface area contributed by atoms with Crippen molar-refractivity contribution in [3.63, 3.8) is 0 Å². The zero-order valence-electron chi connectivity index (χ0n) is 22.6. The van der Waals surface area contributed by atoms with Gasteiger partial charge in [-0.1, -0.05) is 30.1 Å². The van der Waals surface area contributed by atoms with Gasteiger partial charge in [0, 0.05) is 5.56 Å². The normalized spacial score (nSPS) is 16.1. The van der Waals surface area contributed by atoms with Gasteiger partial charge in [0.1, 0.15) is 23.0 Å². The minimum Gasteiger partial charge on any atom is -0.507 e. The van der Waals surface area contributed by atoms with E-state index < -0.39 is 23.7 Å². The Kier molecular flexibility index (Phi) is 8.24. The van der Waals surface area contributed by atoms with Crippen LogP contribution in [0.2, 0.25) is 0 Å². The van der Waals surface area contributed by atoms with Crippen molar-refractivity contribution in [3.05, 3.63) is 81.9 Å². The quantitative estimate of drug-likeness (QED) is 0.129. The van der Waals surface area contributed by atoms with E-state index in [4.69, 9.17) is 18.9 Å². The van der Waals surface area contributed by atoms with Crippen LogP contribution in [0.25, 0.3) is 5.76 Å². The van der Waals surface area contributed by atoms with Gasteiger partial charge in [-0.2, -0.15) is 0 Å². The molecule has 2 heterocycles. The highest BCUT2D eigenvalue weighted by Gasteiger charge is 2.48. The molecular formula is C29H28N2O8S. The highest BCUT2D eigenvalue weighted by molar-refractivity contribution is 7.17. The second kappa shape index (κ2) is 11.6. The number of carbonyl (C=O) groups is 3. The second-order valence-electron chi connectivity index (χ2n) is 8.76. The van der Waals surface area contributed by atoms with Crippen molar-refractivity contribution in [2.24, 2.45) is 0 Å². The van der Waals surface area contributed by atoms with Crippen molar-refractivity contribution in [1.29, 1.82) is 0 Å². The number of aromatic nitrogens is 1. The van der Waals surface area contributed by atoms with Gasteiger partial charge in [0.25, 0.3) is 5.78 Å². The highest BCUT2D eigenvalue weighted by Crippen LogP contribution is 2.46. The molecule has 4 rings (SSSR count). The monoisotopic (exact) mass is 564 g/mol. The summed E-state index contributed by atoms with van der Waals surface area (Å²) in [4.78, 5) is 45.1. The lowest BCUT2D eigenvalue weighted by molar-refractivity contribution is -0.132. The predicted molar refractivity (Wildman–Crippen MR) is 149 cm³/mol. The van der Waals surface area contributed by atoms with E-state index in [0.29, 0.717) is 46.2 Å². The molecule has 1 fully saturated rings. The lowest BCUT2D eigenvalue weighted by Gasteiger charge is -2.24. The second-order valence-corrected chi connectivity index (χ2v) is 9.74. The van der Waals surface area contributed by atoms with E-state index in [2.05, 4.69) is 11.6 Å². The van der Waals surface area contributed by atoms with Crippen LogP contribution < -0.4 is 19.1 Å². The number of Topliss-reactive ketones (excluding diaryl/α,β-unsaturated/α-hetero) is 1. The first-order valence-electron chi connectivity index (χ1n) is 12.1. The Bertz CT molecular complexity index is 1540. The van der Waals surface area contributed by atoms with Gasteiger partial charge < -0.3 is 24.1 Å². The number of esters is 1. The van der Waals surface area contributed by atoms with Crippen LogP contribution in [-0.2, 0) is 14.3 Å². The van der Waals surface area contributed by atoms with Gasteiger partial charge in [0.2, 0.25) is 0 Å². The van der Waals surface area contributed by atoms with Gasteiger partial charge in [-0.3, -0.25) is 14.5 Å². The summed E-state index contributed by atoms with van der Waals surface area (Å²) in [7, 11) is 4.19. The van der Waals surface area contributed by atoms with E-state index >= 15 is 0 Å². The number of benzene rings is 2. The number of methoxy groups -OCH3 is 3. The minimum atomic E-state index is -1.09. The lowest BCUT2D eigenvalue weighted by Crippen LogP contribution is -2.29. The number of ketones is 1. The van der Waals surface area contributed by atoms with E-state index in [-0.39, 0.29) is 21.3 Å². The van der Waals surface area contributed by atoms with Gasteiger partial charge in [0.15, 0.2) is 16.6 Å². The number of nitrogens with zero attached hydrogens (tertiary/aromatic N) is 2. The molecule has 1 amide bonds. The first kappa shape index (κ1) is 28.4. The lowest BCUT2D eigenvalue weighted by atomic mass is 9.93. The van der Waals surface area contributed by atoms with Gasteiger partial charge >= 0.3 is 11.9 Å². The van der Waals surface area contributed by atoms with Crippen LogP contribution in [0.3, 0.4) is 0 Å². The summed E-state index contributed by atoms with van der Waals surface area (Å²) in [6.45, 7) is 7.29. The first-order chi connectivity index (χ1) is 19.2. The zero-order valence-corrected chi connectivity index (χ0v) is 23.5. The number of aliphatic hydroxyl groups is 1. The summed E-state index contributed by atoms with van der Waals surface area (Å²) < 4.78 is 21.2. The minimum absolute atomic E-state index is 0.101. The fourth-order valence-corrected chi connectivity index (χ4v) is 5.44. The molecule has 40 heavy (non-hydrogen) atoms. The first-order valence-corrected chi connectivity index (χ1v) is 12.9. The molecule has 1 aliphatic rings. The van der Waals surface area contributed by atoms with Gasteiger partial charge in [0.05, 0.1) is 38.6 Å². The standard InChI is InChI=1S/C29H28N2O8S/c1-7-12-39-18-9-10-19(15(2)13-18)24(32)22-23(17-8-11-20(36-4)21(14-17)37-5)31(27(34)25(22)33)29-30-16(3)26(40-29)28(35)38-6/h7-11,13-14,23,32H,1,12H2,2-6H3/t23-/m0/s1. The van der Waals surface area contributed by atoms with Crippen molar-refractivity contribution in [3.8, 4) is 17.2 Å². The molecule has 2 aromatic carbocycles. The van der Waals surface area contributed by atoms with Gasteiger partial charge in [-0.25, -0.2) is 9.78 Å². The molecule has 0 bridgehead atoms. The Morgan fingerprint density at radius 2 is 1.82 bits per heavy atom. The molecule has 0 saturated carbocycles. The smallest absolute Gasteiger partial charge is 0.350 e. The number of rotatable bonds is 9. The number of aryl methyl sites for hydroxylation is 2. The van der Waals surface area contributed by atoms with Crippen LogP contribution >= 0.6 is 11.3 Å². The van der Waals surface area contributed by atoms with Crippen molar-refractivity contribution in [1.82, 2.24) is 4.98 Å². The number of aliphatic hydroxyl groups excluding tert-OH is 1. The fraction of sp³-hybridized carbons (Fsp3) is 0.241. The van der Waals surface area contributed by atoms with Crippen LogP contribution in [0.5, 0.6) is 17.2 Å². The SMILES string of the molecule is C=CCOc1ccc(C(O)=C2C(=O)C(=O)N(c3nc(C)c(C(=O)OC)s3)[C@H]2c2ccc(OC)c(OC)c2)c(C)c1. The summed E-state index contributed by atoms with van der Waals surface area (Å²) in [5, 5.41) is 11.6. The maximum absolute atomic E-state index is 13.6.